The minimum absolute atomic E-state index is 0.0402. The number of ether oxygens (including phenoxy) is 1. The van der Waals surface area contributed by atoms with Crippen molar-refractivity contribution in [2.24, 2.45) is 5.73 Å². The summed E-state index contributed by atoms with van der Waals surface area (Å²) in [5.41, 5.74) is 9.07. The average Bonchev–Trinajstić information content (AvgIpc) is 3.55. The molecule has 186 valence electrons. The van der Waals surface area contributed by atoms with Crippen LogP contribution in [-0.4, -0.2) is 33.2 Å². The maximum Gasteiger partial charge on any atom is 0.405 e. The van der Waals surface area contributed by atoms with E-state index in [1.165, 1.54) is 35.0 Å². The first-order valence-corrected chi connectivity index (χ1v) is 11.2. The number of benzene rings is 2. The number of rotatable bonds is 7. The molecule has 2 aromatic carbocycles. The van der Waals surface area contributed by atoms with E-state index in [-0.39, 0.29) is 28.9 Å². The molecule has 0 atom stereocenters. The van der Waals surface area contributed by atoms with Crippen LogP contribution in [0, 0.1) is 12.7 Å². The van der Waals surface area contributed by atoms with Gasteiger partial charge in [0.05, 0.1) is 17.6 Å². The molecule has 0 bridgehead atoms. The molecule has 0 aliphatic heterocycles. The summed E-state index contributed by atoms with van der Waals surface area (Å²) in [6.45, 7) is 0.525. The fraction of sp³-hybridized carbons (Fsp3) is 0.240. The van der Waals surface area contributed by atoms with E-state index < -0.39 is 24.4 Å². The van der Waals surface area contributed by atoms with Gasteiger partial charge in [-0.05, 0) is 55.0 Å². The summed E-state index contributed by atoms with van der Waals surface area (Å²) in [7, 11) is 0. The Labute approximate surface area is 202 Å². The number of carbonyl (C=O) groups is 1. The molecule has 1 aliphatic carbocycles. The molecule has 0 radical (unpaired) electrons. The first kappa shape index (κ1) is 23.6. The zero-order chi connectivity index (χ0) is 25.6. The quantitative estimate of drug-likeness (QED) is 0.324. The Morgan fingerprint density at radius 3 is 2.67 bits per heavy atom. The summed E-state index contributed by atoms with van der Waals surface area (Å²) < 4.78 is 59.7. The highest BCUT2D eigenvalue weighted by molar-refractivity contribution is 5.95. The number of anilines is 1. The Morgan fingerprint density at radius 1 is 1.22 bits per heavy atom. The number of aromatic nitrogens is 3. The van der Waals surface area contributed by atoms with Crippen molar-refractivity contribution in [2.75, 3.05) is 11.9 Å². The molecule has 0 saturated heterocycles. The number of primary amides is 1. The topological polar surface area (TPSA) is 94.5 Å². The van der Waals surface area contributed by atoms with E-state index in [2.05, 4.69) is 15.4 Å². The molecule has 7 nitrogen and oxygen atoms in total. The van der Waals surface area contributed by atoms with E-state index in [1.54, 1.807) is 12.1 Å². The second kappa shape index (κ2) is 8.81. The first-order chi connectivity index (χ1) is 17.1. The van der Waals surface area contributed by atoms with Crippen molar-refractivity contribution in [3.63, 3.8) is 0 Å². The molecule has 2 aromatic heterocycles. The van der Waals surface area contributed by atoms with Crippen LogP contribution in [0.25, 0.3) is 16.9 Å². The largest absolute Gasteiger partial charge is 0.437 e. The Morgan fingerprint density at radius 2 is 2.00 bits per heavy atom. The number of fused-ring (bicyclic) bond motifs is 1. The molecule has 1 amide bonds. The summed E-state index contributed by atoms with van der Waals surface area (Å²) >= 11 is 0. The van der Waals surface area contributed by atoms with Crippen molar-refractivity contribution in [1.82, 2.24) is 14.6 Å². The molecule has 5 rings (SSSR count). The Kier molecular flexibility index (Phi) is 5.77. The van der Waals surface area contributed by atoms with Crippen molar-refractivity contribution in [3.05, 3.63) is 71.2 Å². The minimum atomic E-state index is -4.47. The Balaban J connectivity index is 1.66. The molecule has 1 aliphatic rings. The van der Waals surface area contributed by atoms with Crippen molar-refractivity contribution in [1.29, 1.82) is 0 Å². The number of halogens is 4. The second-order valence-electron chi connectivity index (χ2n) is 8.64. The van der Waals surface area contributed by atoms with E-state index in [9.17, 15) is 22.4 Å². The monoisotopic (exact) mass is 499 g/mol. The molecule has 36 heavy (non-hydrogen) atoms. The highest BCUT2D eigenvalue weighted by Crippen LogP contribution is 2.47. The highest BCUT2D eigenvalue weighted by Gasteiger charge is 2.31. The Bertz CT molecular complexity index is 1480. The second-order valence-corrected chi connectivity index (χ2v) is 8.64. The average molecular weight is 499 g/mol. The van der Waals surface area contributed by atoms with Gasteiger partial charge in [-0.2, -0.15) is 13.2 Å². The summed E-state index contributed by atoms with van der Waals surface area (Å²) in [6.07, 6.45) is -1.09. The highest BCUT2D eigenvalue weighted by atomic mass is 19.4. The third-order valence-electron chi connectivity index (χ3n) is 5.98. The molecule has 4 aromatic rings. The van der Waals surface area contributed by atoms with E-state index in [0.29, 0.717) is 11.3 Å². The van der Waals surface area contributed by atoms with Crippen molar-refractivity contribution in [3.8, 4) is 22.9 Å². The molecule has 1 saturated carbocycles. The van der Waals surface area contributed by atoms with E-state index in [1.807, 2.05) is 6.92 Å². The van der Waals surface area contributed by atoms with Gasteiger partial charge in [0.25, 0.3) is 0 Å². The number of hydrogen-bond donors (Lipinski definition) is 2. The summed E-state index contributed by atoms with van der Waals surface area (Å²) in [6, 6.07) is 9.98. The minimum Gasteiger partial charge on any atom is -0.437 e. The van der Waals surface area contributed by atoms with Gasteiger partial charge in [-0.1, -0.05) is 12.1 Å². The Hall–Kier alpha value is -4.15. The van der Waals surface area contributed by atoms with Crippen LogP contribution < -0.4 is 15.8 Å². The van der Waals surface area contributed by atoms with E-state index in [4.69, 9.17) is 10.5 Å². The number of imidazole rings is 1. The maximum atomic E-state index is 13.7. The number of hydrogen-bond acceptors (Lipinski definition) is 5. The smallest absolute Gasteiger partial charge is 0.405 e. The van der Waals surface area contributed by atoms with Gasteiger partial charge in [-0.25, -0.2) is 13.9 Å². The third kappa shape index (κ3) is 4.68. The zero-order valence-corrected chi connectivity index (χ0v) is 19.1. The van der Waals surface area contributed by atoms with Crippen LogP contribution in [0.3, 0.4) is 0 Å². The number of alkyl halides is 3. The van der Waals surface area contributed by atoms with Crippen LogP contribution in [-0.2, 0) is 0 Å². The van der Waals surface area contributed by atoms with Gasteiger partial charge in [0.1, 0.15) is 18.1 Å². The lowest BCUT2D eigenvalue weighted by atomic mass is 9.92. The lowest BCUT2D eigenvalue weighted by Crippen LogP contribution is -2.21. The number of carbonyl (C=O) groups excluding carboxylic acids is 1. The molecule has 1 fully saturated rings. The van der Waals surface area contributed by atoms with Crippen LogP contribution in [0.15, 0.2) is 48.7 Å². The van der Waals surface area contributed by atoms with Crippen LogP contribution in [0.4, 0.5) is 23.2 Å². The lowest BCUT2D eigenvalue weighted by Gasteiger charge is -2.16. The molecule has 0 spiro atoms. The van der Waals surface area contributed by atoms with Gasteiger partial charge in [0.2, 0.25) is 11.8 Å². The number of amides is 1. The van der Waals surface area contributed by atoms with Gasteiger partial charge < -0.3 is 15.8 Å². The van der Waals surface area contributed by atoms with E-state index in [0.717, 1.165) is 35.6 Å². The molecule has 0 unspecified atom stereocenters. The van der Waals surface area contributed by atoms with Gasteiger partial charge in [-0.3, -0.25) is 4.79 Å². The van der Waals surface area contributed by atoms with Gasteiger partial charge in [0, 0.05) is 23.3 Å². The number of nitrogens with two attached hydrogens (primary N) is 1. The van der Waals surface area contributed by atoms with Gasteiger partial charge in [0.15, 0.2) is 5.65 Å². The van der Waals surface area contributed by atoms with Crippen LogP contribution in [0.2, 0.25) is 0 Å². The zero-order valence-electron chi connectivity index (χ0n) is 19.1. The third-order valence-corrected chi connectivity index (χ3v) is 5.98. The normalized spacial score (nSPS) is 13.7. The molecular formula is C25H21F4N5O2. The maximum absolute atomic E-state index is 13.7. The predicted molar refractivity (Wildman–Crippen MR) is 125 cm³/mol. The molecule has 3 N–H and O–H groups in total. The lowest BCUT2D eigenvalue weighted by molar-refractivity contribution is -0.115. The summed E-state index contributed by atoms with van der Waals surface area (Å²) in [5.74, 6) is -0.784. The fourth-order valence-electron chi connectivity index (χ4n) is 4.27. The fourth-order valence-corrected chi connectivity index (χ4v) is 4.27. The summed E-state index contributed by atoms with van der Waals surface area (Å²) in [5, 5.41) is 6.80. The molecule has 2 heterocycles. The van der Waals surface area contributed by atoms with Crippen molar-refractivity contribution in [2.45, 2.75) is 31.9 Å². The van der Waals surface area contributed by atoms with Crippen molar-refractivity contribution >= 4 is 17.2 Å². The number of nitrogens with zero attached hydrogens (tertiary/aromatic N) is 3. The summed E-state index contributed by atoms with van der Waals surface area (Å²) in [4.78, 5) is 16.2. The van der Waals surface area contributed by atoms with Crippen LogP contribution in [0.1, 0.15) is 40.2 Å². The van der Waals surface area contributed by atoms with Gasteiger partial charge in [-0.15, -0.1) is 5.10 Å². The number of nitrogens with one attached hydrogen (secondary N) is 1. The van der Waals surface area contributed by atoms with E-state index >= 15 is 0 Å². The standard InChI is InChI=1S/C25H21F4N5O2/c1-13-17(23(30)35)7-8-18(22(13)14-5-6-14)20-11-31-24-19(32-12-25(27,28)29)10-21(33-34(20)24)36-16-4-2-3-15(26)9-16/h2-4,7-11,14,32H,5-6,12H2,1H3,(H2,30,35). The van der Waals surface area contributed by atoms with Crippen LogP contribution >= 0.6 is 0 Å². The van der Waals surface area contributed by atoms with Crippen molar-refractivity contribution < 1.29 is 27.1 Å². The predicted octanol–water partition coefficient (Wildman–Crippen LogP) is 5.59. The first-order valence-electron chi connectivity index (χ1n) is 11.2. The van der Waals surface area contributed by atoms with Crippen LogP contribution in [0.5, 0.6) is 11.6 Å². The SMILES string of the molecule is Cc1c(C(N)=O)ccc(-c2cnc3c(NCC(F)(F)F)cc(Oc4cccc(F)c4)nn23)c1C1CC1. The molecule has 11 heteroatoms. The molecular weight excluding hydrogens is 478 g/mol. The van der Waals surface area contributed by atoms with Gasteiger partial charge >= 0.3 is 6.18 Å².